The average Bonchev–Trinajstić information content (AvgIpc) is 2.44. The maximum atomic E-state index is 11.6. The molecule has 0 fully saturated rings. The highest BCUT2D eigenvalue weighted by Crippen LogP contribution is 2.23. The topological polar surface area (TPSA) is 59.6 Å². The van der Waals surface area contributed by atoms with Crippen LogP contribution in [0.15, 0.2) is 22.7 Å². The molecule has 0 saturated carbocycles. The lowest BCUT2D eigenvalue weighted by Gasteiger charge is -2.14. The summed E-state index contributed by atoms with van der Waals surface area (Å²) in [6.45, 7) is 5.84. The molecule has 0 bridgehead atoms. The van der Waals surface area contributed by atoms with Gasteiger partial charge in [-0.15, -0.1) is 0 Å². The van der Waals surface area contributed by atoms with Crippen molar-refractivity contribution in [3.63, 3.8) is 0 Å². The number of rotatable bonds is 9. The second-order valence-electron chi connectivity index (χ2n) is 4.92. The highest BCUT2D eigenvalue weighted by atomic mass is 79.9. The van der Waals surface area contributed by atoms with E-state index in [0.717, 1.165) is 10.0 Å². The molecular formula is C15H23BrN2O3. The molecule has 0 heterocycles. The zero-order valence-corrected chi connectivity index (χ0v) is 14.3. The van der Waals surface area contributed by atoms with Gasteiger partial charge < -0.3 is 20.1 Å². The third-order valence-corrected chi connectivity index (χ3v) is 3.20. The van der Waals surface area contributed by atoms with Crippen LogP contribution in [0.5, 0.6) is 5.75 Å². The molecule has 1 aromatic carbocycles. The first-order valence-corrected chi connectivity index (χ1v) is 7.72. The Morgan fingerprint density at radius 2 is 2.14 bits per heavy atom. The van der Waals surface area contributed by atoms with Gasteiger partial charge in [-0.25, -0.2) is 0 Å². The van der Waals surface area contributed by atoms with Crippen LogP contribution in [0.4, 0.5) is 0 Å². The second kappa shape index (κ2) is 9.76. The van der Waals surface area contributed by atoms with Gasteiger partial charge in [0.1, 0.15) is 5.75 Å². The number of carbonyl (C=O) groups is 1. The summed E-state index contributed by atoms with van der Waals surface area (Å²) in [5.74, 6) is 0.561. The SMILES string of the molecule is COCCNC(=O)COc1ccc(Br)cc1CNC(C)C. The summed E-state index contributed by atoms with van der Waals surface area (Å²) >= 11 is 3.45. The number of hydrogen-bond donors (Lipinski definition) is 2. The number of amides is 1. The van der Waals surface area contributed by atoms with Gasteiger partial charge in [0.2, 0.25) is 0 Å². The van der Waals surface area contributed by atoms with Crippen LogP contribution in [-0.2, 0) is 16.1 Å². The van der Waals surface area contributed by atoms with E-state index in [9.17, 15) is 4.79 Å². The van der Waals surface area contributed by atoms with E-state index in [-0.39, 0.29) is 12.5 Å². The van der Waals surface area contributed by atoms with Crippen molar-refractivity contribution < 1.29 is 14.3 Å². The Balaban J connectivity index is 2.55. The van der Waals surface area contributed by atoms with Crippen LogP contribution in [0.2, 0.25) is 0 Å². The normalized spacial score (nSPS) is 10.7. The fraction of sp³-hybridized carbons (Fsp3) is 0.533. The first kappa shape index (κ1) is 17.9. The molecule has 0 aliphatic carbocycles. The predicted molar refractivity (Wildman–Crippen MR) is 86.5 cm³/mol. The van der Waals surface area contributed by atoms with Gasteiger partial charge in [-0.3, -0.25) is 4.79 Å². The lowest BCUT2D eigenvalue weighted by molar-refractivity contribution is -0.123. The van der Waals surface area contributed by atoms with E-state index < -0.39 is 0 Å². The fourth-order valence-corrected chi connectivity index (χ4v) is 2.04. The van der Waals surface area contributed by atoms with Gasteiger partial charge in [-0.05, 0) is 18.2 Å². The van der Waals surface area contributed by atoms with Gasteiger partial charge in [0.25, 0.3) is 5.91 Å². The number of ether oxygens (including phenoxy) is 2. The highest BCUT2D eigenvalue weighted by Gasteiger charge is 2.08. The molecule has 0 radical (unpaired) electrons. The number of carbonyl (C=O) groups excluding carboxylic acids is 1. The molecule has 21 heavy (non-hydrogen) atoms. The van der Waals surface area contributed by atoms with Crippen LogP contribution in [0.3, 0.4) is 0 Å². The Labute approximate surface area is 134 Å². The molecule has 0 aliphatic heterocycles. The summed E-state index contributed by atoms with van der Waals surface area (Å²) in [6.07, 6.45) is 0. The molecule has 1 aromatic rings. The minimum Gasteiger partial charge on any atom is -0.483 e. The van der Waals surface area contributed by atoms with Gasteiger partial charge in [-0.2, -0.15) is 0 Å². The number of methoxy groups -OCH3 is 1. The zero-order valence-electron chi connectivity index (χ0n) is 12.7. The zero-order chi connectivity index (χ0) is 15.7. The van der Waals surface area contributed by atoms with Crippen molar-refractivity contribution in [1.29, 1.82) is 0 Å². The van der Waals surface area contributed by atoms with Gasteiger partial charge >= 0.3 is 0 Å². The predicted octanol–water partition coefficient (Wildman–Crippen LogP) is 2.09. The molecule has 1 rings (SSSR count). The van der Waals surface area contributed by atoms with E-state index >= 15 is 0 Å². The summed E-state index contributed by atoms with van der Waals surface area (Å²) in [7, 11) is 1.60. The standard InChI is InChI=1S/C15H23BrN2O3/c1-11(2)18-9-12-8-13(16)4-5-14(12)21-10-15(19)17-6-7-20-3/h4-5,8,11,18H,6-7,9-10H2,1-3H3,(H,17,19). The van der Waals surface area contributed by atoms with Crippen molar-refractivity contribution in [2.45, 2.75) is 26.4 Å². The summed E-state index contributed by atoms with van der Waals surface area (Å²) < 4.78 is 11.5. The van der Waals surface area contributed by atoms with Crippen molar-refractivity contribution in [2.24, 2.45) is 0 Å². The van der Waals surface area contributed by atoms with Gasteiger partial charge in [-0.1, -0.05) is 29.8 Å². The Hall–Kier alpha value is -1.11. The van der Waals surface area contributed by atoms with Gasteiger partial charge in [0, 0.05) is 36.3 Å². The molecule has 0 atom stereocenters. The summed E-state index contributed by atoms with van der Waals surface area (Å²) in [4.78, 5) is 11.6. The van der Waals surface area contributed by atoms with Crippen molar-refractivity contribution in [3.05, 3.63) is 28.2 Å². The van der Waals surface area contributed by atoms with Crippen LogP contribution in [0, 0.1) is 0 Å². The van der Waals surface area contributed by atoms with Gasteiger partial charge in [0.05, 0.1) is 6.61 Å². The first-order valence-electron chi connectivity index (χ1n) is 6.93. The Morgan fingerprint density at radius 1 is 1.38 bits per heavy atom. The number of nitrogens with one attached hydrogen (secondary N) is 2. The van der Waals surface area contributed by atoms with Crippen LogP contribution < -0.4 is 15.4 Å². The Morgan fingerprint density at radius 3 is 2.81 bits per heavy atom. The maximum Gasteiger partial charge on any atom is 0.258 e. The molecule has 0 spiro atoms. The van der Waals surface area contributed by atoms with Crippen molar-refractivity contribution in [3.8, 4) is 5.75 Å². The van der Waals surface area contributed by atoms with Crippen LogP contribution >= 0.6 is 15.9 Å². The number of halogens is 1. The maximum absolute atomic E-state index is 11.6. The number of hydrogen-bond acceptors (Lipinski definition) is 4. The second-order valence-corrected chi connectivity index (χ2v) is 5.83. The van der Waals surface area contributed by atoms with E-state index in [0.29, 0.717) is 31.5 Å². The molecule has 0 unspecified atom stereocenters. The minimum atomic E-state index is -0.155. The monoisotopic (exact) mass is 358 g/mol. The summed E-state index contributed by atoms with van der Waals surface area (Å²) in [5.41, 5.74) is 1.02. The van der Waals surface area contributed by atoms with Crippen LogP contribution in [0.1, 0.15) is 19.4 Å². The number of benzene rings is 1. The molecule has 0 saturated heterocycles. The summed E-state index contributed by atoms with van der Waals surface area (Å²) in [5, 5.41) is 6.06. The third kappa shape index (κ3) is 7.45. The molecule has 0 aliphatic rings. The highest BCUT2D eigenvalue weighted by molar-refractivity contribution is 9.10. The van der Waals surface area contributed by atoms with Crippen LogP contribution in [0.25, 0.3) is 0 Å². The average molecular weight is 359 g/mol. The van der Waals surface area contributed by atoms with Gasteiger partial charge in [0.15, 0.2) is 6.61 Å². The van der Waals surface area contributed by atoms with Crippen molar-refractivity contribution >= 4 is 21.8 Å². The van der Waals surface area contributed by atoms with E-state index in [1.165, 1.54) is 0 Å². The third-order valence-electron chi connectivity index (χ3n) is 2.71. The molecule has 6 heteroatoms. The van der Waals surface area contributed by atoms with E-state index in [1.54, 1.807) is 7.11 Å². The smallest absolute Gasteiger partial charge is 0.258 e. The van der Waals surface area contributed by atoms with E-state index in [1.807, 2.05) is 18.2 Å². The molecule has 5 nitrogen and oxygen atoms in total. The molecule has 118 valence electrons. The van der Waals surface area contributed by atoms with Crippen molar-refractivity contribution in [2.75, 3.05) is 26.9 Å². The van der Waals surface area contributed by atoms with Crippen molar-refractivity contribution in [1.82, 2.24) is 10.6 Å². The Bertz CT molecular complexity index is 453. The lowest BCUT2D eigenvalue weighted by Crippen LogP contribution is -2.31. The fourth-order valence-electron chi connectivity index (χ4n) is 1.63. The largest absolute Gasteiger partial charge is 0.483 e. The Kier molecular flexibility index (Phi) is 8.34. The van der Waals surface area contributed by atoms with E-state index in [4.69, 9.17) is 9.47 Å². The van der Waals surface area contributed by atoms with Crippen LogP contribution in [-0.4, -0.2) is 38.8 Å². The minimum absolute atomic E-state index is 0.0000250. The molecule has 0 aromatic heterocycles. The quantitative estimate of drug-likeness (QED) is 0.663. The molecule has 1 amide bonds. The first-order chi connectivity index (χ1) is 10.0. The lowest BCUT2D eigenvalue weighted by atomic mass is 10.2. The molecular weight excluding hydrogens is 336 g/mol. The summed E-state index contributed by atoms with van der Waals surface area (Å²) in [6, 6.07) is 6.14. The molecule has 2 N–H and O–H groups in total. The van der Waals surface area contributed by atoms with E-state index in [2.05, 4.69) is 40.4 Å².